The summed E-state index contributed by atoms with van der Waals surface area (Å²) in [6.07, 6.45) is 4.25. The molecule has 2 aromatic rings. The Hall–Kier alpha value is -3.55. The molecule has 3 aliphatic rings. The first kappa shape index (κ1) is 25.1. The molecule has 0 aromatic heterocycles. The van der Waals surface area contributed by atoms with Crippen LogP contribution in [0.15, 0.2) is 42.5 Å². The molecule has 0 unspecified atom stereocenters. The Labute approximate surface area is 218 Å². The molecule has 196 valence electrons. The van der Waals surface area contributed by atoms with Crippen LogP contribution in [0.2, 0.25) is 0 Å². The minimum Gasteiger partial charge on any atom is -0.493 e. The Kier molecular flexibility index (Phi) is 7.35. The molecule has 3 saturated heterocycles. The van der Waals surface area contributed by atoms with E-state index in [9.17, 15) is 14.4 Å². The van der Waals surface area contributed by atoms with Gasteiger partial charge in [-0.15, -0.1) is 0 Å². The molecular formula is C29H35N3O5. The van der Waals surface area contributed by atoms with Crippen molar-refractivity contribution in [2.24, 2.45) is 5.92 Å². The maximum atomic E-state index is 13.4. The number of likely N-dealkylation sites (tertiary alicyclic amines) is 2. The summed E-state index contributed by atoms with van der Waals surface area (Å²) in [5.41, 5.74) is 2.51. The van der Waals surface area contributed by atoms with Crippen LogP contribution in [0.1, 0.15) is 48.0 Å². The second-order valence-electron chi connectivity index (χ2n) is 10.1. The highest BCUT2D eigenvalue weighted by atomic mass is 16.5. The third-order valence-corrected chi connectivity index (χ3v) is 8.00. The van der Waals surface area contributed by atoms with Crippen molar-refractivity contribution in [2.75, 3.05) is 45.3 Å². The lowest BCUT2D eigenvalue weighted by Gasteiger charge is -2.47. The van der Waals surface area contributed by atoms with E-state index in [1.165, 1.54) is 0 Å². The minimum absolute atomic E-state index is 0.000670. The molecule has 3 amide bonds. The van der Waals surface area contributed by atoms with Crippen molar-refractivity contribution in [3.05, 3.63) is 53.6 Å². The number of ether oxygens (including phenoxy) is 2. The first-order valence-corrected chi connectivity index (χ1v) is 13.2. The molecule has 3 heterocycles. The van der Waals surface area contributed by atoms with Gasteiger partial charge in [-0.2, -0.15) is 0 Å². The number of benzene rings is 2. The third kappa shape index (κ3) is 5.15. The van der Waals surface area contributed by atoms with E-state index in [-0.39, 0.29) is 29.7 Å². The third-order valence-electron chi connectivity index (χ3n) is 8.00. The van der Waals surface area contributed by atoms with Crippen molar-refractivity contribution in [3.8, 4) is 11.5 Å². The summed E-state index contributed by atoms with van der Waals surface area (Å²) in [7, 11) is 3.24. The van der Waals surface area contributed by atoms with Crippen LogP contribution in [-0.2, 0) is 16.0 Å². The maximum Gasteiger partial charge on any atom is 0.253 e. The standard InChI is InChI=1S/C29H35N3O5/c1-36-25-10-8-20(17-26(25)37-2)12-16-32-24-13-15-30(19-22(24)9-11-28(32)34)29(35)21-5-3-6-23(18-21)31-14-4-7-27(31)33/h3,5-6,8,10,17-18,22,24H,4,7,9,11-16,19H2,1-2H3/t22-,24+/m1/s1. The Morgan fingerprint density at radius 2 is 1.78 bits per heavy atom. The van der Waals surface area contributed by atoms with E-state index in [1.54, 1.807) is 19.1 Å². The number of nitrogens with zero attached hydrogens (tertiary/aromatic N) is 3. The van der Waals surface area contributed by atoms with Crippen molar-refractivity contribution in [1.29, 1.82) is 0 Å². The lowest BCUT2D eigenvalue weighted by Crippen LogP contribution is -2.57. The number of piperidine rings is 2. The van der Waals surface area contributed by atoms with Gasteiger partial charge in [0.05, 0.1) is 14.2 Å². The lowest BCUT2D eigenvalue weighted by molar-refractivity contribution is -0.140. The van der Waals surface area contributed by atoms with Crippen LogP contribution in [0.4, 0.5) is 5.69 Å². The summed E-state index contributed by atoms with van der Waals surface area (Å²) in [5, 5.41) is 0. The van der Waals surface area contributed by atoms with Gasteiger partial charge in [-0.25, -0.2) is 0 Å². The maximum absolute atomic E-state index is 13.4. The van der Waals surface area contributed by atoms with Crippen LogP contribution in [-0.4, -0.2) is 74.0 Å². The molecular weight excluding hydrogens is 470 g/mol. The average molecular weight is 506 g/mol. The topological polar surface area (TPSA) is 79.4 Å². The quantitative estimate of drug-likeness (QED) is 0.575. The number of carbonyl (C=O) groups is 3. The molecule has 5 rings (SSSR count). The van der Waals surface area contributed by atoms with Crippen molar-refractivity contribution in [3.63, 3.8) is 0 Å². The number of amides is 3. The van der Waals surface area contributed by atoms with E-state index >= 15 is 0 Å². The van der Waals surface area contributed by atoms with Gasteiger partial charge in [0.15, 0.2) is 11.5 Å². The van der Waals surface area contributed by atoms with Crippen LogP contribution in [0.5, 0.6) is 11.5 Å². The Bertz CT molecular complexity index is 1180. The van der Waals surface area contributed by atoms with Crippen LogP contribution < -0.4 is 14.4 Å². The SMILES string of the molecule is COc1ccc(CCN2C(=O)CC[C@@H]3CN(C(=O)c4cccc(N5CCCC5=O)c4)CC[C@@H]32)cc1OC. The van der Waals surface area contributed by atoms with Gasteiger partial charge in [0.1, 0.15) is 0 Å². The molecule has 2 atom stereocenters. The second kappa shape index (κ2) is 10.8. The lowest BCUT2D eigenvalue weighted by atomic mass is 9.83. The van der Waals surface area contributed by atoms with Gasteiger partial charge in [-0.1, -0.05) is 12.1 Å². The van der Waals surface area contributed by atoms with Gasteiger partial charge in [0.2, 0.25) is 11.8 Å². The van der Waals surface area contributed by atoms with E-state index < -0.39 is 0 Å². The van der Waals surface area contributed by atoms with Gasteiger partial charge in [-0.05, 0) is 67.5 Å². The summed E-state index contributed by atoms with van der Waals surface area (Å²) in [6.45, 7) is 2.62. The highest BCUT2D eigenvalue weighted by molar-refractivity contribution is 5.99. The normalized spacial score (nSPS) is 21.7. The molecule has 8 heteroatoms. The van der Waals surface area contributed by atoms with Crippen molar-refractivity contribution < 1.29 is 23.9 Å². The number of fused-ring (bicyclic) bond motifs is 1. The van der Waals surface area contributed by atoms with E-state index in [0.717, 1.165) is 36.9 Å². The van der Waals surface area contributed by atoms with Gasteiger partial charge in [0.25, 0.3) is 5.91 Å². The fourth-order valence-corrected chi connectivity index (χ4v) is 6.02. The zero-order valence-corrected chi connectivity index (χ0v) is 21.7. The zero-order valence-electron chi connectivity index (χ0n) is 21.7. The Morgan fingerprint density at radius 3 is 2.54 bits per heavy atom. The molecule has 0 saturated carbocycles. The van der Waals surface area contributed by atoms with E-state index in [1.807, 2.05) is 52.3 Å². The molecule has 2 aromatic carbocycles. The summed E-state index contributed by atoms with van der Waals surface area (Å²) in [4.78, 5) is 44.2. The van der Waals surface area contributed by atoms with Gasteiger partial charge in [-0.3, -0.25) is 14.4 Å². The summed E-state index contributed by atoms with van der Waals surface area (Å²) in [5.74, 6) is 1.96. The predicted octanol–water partition coefficient (Wildman–Crippen LogP) is 3.53. The number of rotatable bonds is 7. The second-order valence-corrected chi connectivity index (χ2v) is 10.1. The van der Waals surface area contributed by atoms with Crippen LogP contribution >= 0.6 is 0 Å². The fourth-order valence-electron chi connectivity index (χ4n) is 6.02. The first-order chi connectivity index (χ1) is 18.0. The molecule has 0 N–H and O–H groups in total. The largest absolute Gasteiger partial charge is 0.493 e. The zero-order chi connectivity index (χ0) is 25.9. The van der Waals surface area contributed by atoms with Gasteiger partial charge < -0.3 is 24.2 Å². The fraction of sp³-hybridized carbons (Fsp3) is 0.483. The van der Waals surface area contributed by atoms with Gasteiger partial charge in [0, 0.05) is 56.3 Å². The molecule has 3 fully saturated rings. The number of anilines is 1. The molecule has 8 nitrogen and oxygen atoms in total. The molecule has 3 aliphatic heterocycles. The summed E-state index contributed by atoms with van der Waals surface area (Å²) < 4.78 is 10.8. The van der Waals surface area contributed by atoms with Crippen LogP contribution in [0.25, 0.3) is 0 Å². The monoisotopic (exact) mass is 505 g/mol. The molecule has 37 heavy (non-hydrogen) atoms. The number of hydrogen-bond acceptors (Lipinski definition) is 5. The van der Waals surface area contributed by atoms with Gasteiger partial charge >= 0.3 is 0 Å². The van der Waals surface area contributed by atoms with Crippen molar-refractivity contribution >= 4 is 23.4 Å². The number of hydrogen-bond donors (Lipinski definition) is 0. The summed E-state index contributed by atoms with van der Waals surface area (Å²) >= 11 is 0. The summed E-state index contributed by atoms with van der Waals surface area (Å²) in [6, 6.07) is 13.5. The predicted molar refractivity (Wildman–Crippen MR) is 140 cm³/mol. The molecule has 0 radical (unpaired) electrons. The van der Waals surface area contributed by atoms with E-state index in [0.29, 0.717) is 56.1 Å². The number of methoxy groups -OCH3 is 2. The minimum atomic E-state index is 0.000670. The first-order valence-electron chi connectivity index (χ1n) is 13.2. The van der Waals surface area contributed by atoms with E-state index in [4.69, 9.17) is 9.47 Å². The number of carbonyl (C=O) groups excluding carboxylic acids is 3. The molecule has 0 aliphatic carbocycles. The van der Waals surface area contributed by atoms with Crippen LogP contribution in [0, 0.1) is 5.92 Å². The van der Waals surface area contributed by atoms with Crippen molar-refractivity contribution in [2.45, 2.75) is 44.6 Å². The van der Waals surface area contributed by atoms with E-state index in [2.05, 4.69) is 0 Å². The molecule has 0 bridgehead atoms. The smallest absolute Gasteiger partial charge is 0.253 e. The highest BCUT2D eigenvalue weighted by Gasteiger charge is 2.40. The van der Waals surface area contributed by atoms with Crippen molar-refractivity contribution in [1.82, 2.24) is 9.80 Å². The van der Waals surface area contributed by atoms with Crippen LogP contribution in [0.3, 0.4) is 0 Å². The highest BCUT2D eigenvalue weighted by Crippen LogP contribution is 2.33. The Balaban J connectivity index is 1.23. The average Bonchev–Trinajstić information content (AvgIpc) is 3.37. The Morgan fingerprint density at radius 1 is 0.946 bits per heavy atom. The molecule has 0 spiro atoms.